The van der Waals surface area contributed by atoms with E-state index in [-0.39, 0.29) is 18.3 Å². The van der Waals surface area contributed by atoms with E-state index in [1.807, 2.05) is 48.5 Å². The van der Waals surface area contributed by atoms with Crippen LogP contribution in [0.5, 0.6) is 11.5 Å². The molecule has 0 saturated carbocycles. The largest absolute Gasteiger partial charge is 0.493 e. The van der Waals surface area contributed by atoms with Crippen LogP contribution in [0.15, 0.2) is 48.5 Å². The van der Waals surface area contributed by atoms with Gasteiger partial charge in [0.15, 0.2) is 11.5 Å². The van der Waals surface area contributed by atoms with Gasteiger partial charge in [0, 0.05) is 13.0 Å². The average molecular weight is 365 g/mol. The third-order valence-corrected chi connectivity index (χ3v) is 3.56. The van der Waals surface area contributed by atoms with Gasteiger partial charge in [0.1, 0.15) is 6.61 Å². The Bertz CT molecular complexity index is 650. The number of nitrogens with two attached hydrogens (primary N) is 1. The van der Waals surface area contributed by atoms with E-state index in [9.17, 15) is 4.79 Å². The molecule has 0 saturated heterocycles. The topological polar surface area (TPSA) is 73.6 Å². The molecule has 136 valence electrons. The molecule has 0 radical (unpaired) electrons. The molecule has 5 nitrogen and oxygen atoms in total. The van der Waals surface area contributed by atoms with Crippen LogP contribution >= 0.6 is 12.4 Å². The van der Waals surface area contributed by atoms with E-state index < -0.39 is 0 Å². The standard InChI is InChI=1S/C19H24N2O3.ClH/c1-23-18-12-16(13-21-19(22)8-5-11-20)9-10-17(18)24-14-15-6-3-2-4-7-15;/h2-4,6-7,9-10,12H,5,8,11,13-14,20H2,1H3,(H,21,22);1H. The number of halogens is 1. The Kier molecular flexibility index (Phi) is 9.43. The van der Waals surface area contributed by atoms with Crippen LogP contribution in [0.3, 0.4) is 0 Å². The van der Waals surface area contributed by atoms with Crippen LogP contribution in [0.1, 0.15) is 24.0 Å². The van der Waals surface area contributed by atoms with Crippen LogP contribution in [0.4, 0.5) is 0 Å². The maximum Gasteiger partial charge on any atom is 0.220 e. The van der Waals surface area contributed by atoms with Crippen molar-refractivity contribution < 1.29 is 14.3 Å². The predicted molar refractivity (Wildman–Crippen MR) is 101 cm³/mol. The second-order valence-corrected chi connectivity index (χ2v) is 5.43. The van der Waals surface area contributed by atoms with Crippen LogP contribution in [0.2, 0.25) is 0 Å². The lowest BCUT2D eigenvalue weighted by Gasteiger charge is -2.13. The highest BCUT2D eigenvalue weighted by molar-refractivity contribution is 5.85. The fourth-order valence-electron chi connectivity index (χ4n) is 2.23. The van der Waals surface area contributed by atoms with Crippen molar-refractivity contribution >= 4 is 18.3 Å². The number of hydrogen-bond donors (Lipinski definition) is 2. The van der Waals surface area contributed by atoms with Gasteiger partial charge in [0.05, 0.1) is 7.11 Å². The number of methoxy groups -OCH3 is 1. The molecule has 25 heavy (non-hydrogen) atoms. The Morgan fingerprint density at radius 3 is 2.52 bits per heavy atom. The molecular formula is C19H25ClN2O3. The maximum absolute atomic E-state index is 11.6. The van der Waals surface area contributed by atoms with E-state index in [1.165, 1.54) is 0 Å². The normalized spacial score (nSPS) is 9.84. The van der Waals surface area contributed by atoms with Crippen LogP contribution < -0.4 is 20.5 Å². The summed E-state index contributed by atoms with van der Waals surface area (Å²) < 4.78 is 11.2. The second-order valence-electron chi connectivity index (χ2n) is 5.43. The number of carbonyl (C=O) groups excluding carboxylic acids is 1. The SMILES string of the molecule is COc1cc(CNC(=O)CCCN)ccc1OCc1ccccc1.Cl. The average Bonchev–Trinajstić information content (AvgIpc) is 2.64. The number of ether oxygens (including phenoxy) is 2. The summed E-state index contributed by atoms with van der Waals surface area (Å²) >= 11 is 0. The summed E-state index contributed by atoms with van der Waals surface area (Å²) in [7, 11) is 1.61. The third-order valence-electron chi connectivity index (χ3n) is 3.56. The molecule has 0 aliphatic carbocycles. The van der Waals surface area contributed by atoms with Crippen LogP contribution in [0, 0.1) is 0 Å². The number of carbonyl (C=O) groups is 1. The number of benzene rings is 2. The first-order valence-corrected chi connectivity index (χ1v) is 8.03. The van der Waals surface area contributed by atoms with Crippen molar-refractivity contribution in [3.63, 3.8) is 0 Å². The molecule has 0 fully saturated rings. The first kappa shape index (κ1) is 20.8. The van der Waals surface area contributed by atoms with Gasteiger partial charge in [-0.1, -0.05) is 36.4 Å². The number of amides is 1. The highest BCUT2D eigenvalue weighted by Crippen LogP contribution is 2.28. The van der Waals surface area contributed by atoms with Crippen molar-refractivity contribution in [2.24, 2.45) is 5.73 Å². The van der Waals surface area contributed by atoms with E-state index in [2.05, 4.69) is 5.32 Å². The van der Waals surface area contributed by atoms with E-state index >= 15 is 0 Å². The lowest BCUT2D eigenvalue weighted by molar-refractivity contribution is -0.121. The van der Waals surface area contributed by atoms with Crippen LogP contribution in [-0.4, -0.2) is 19.6 Å². The van der Waals surface area contributed by atoms with Crippen molar-refractivity contribution in [2.45, 2.75) is 26.0 Å². The van der Waals surface area contributed by atoms with E-state index in [0.29, 0.717) is 44.0 Å². The molecular weight excluding hydrogens is 340 g/mol. The molecule has 2 aromatic carbocycles. The van der Waals surface area contributed by atoms with Crippen molar-refractivity contribution in [3.8, 4) is 11.5 Å². The maximum atomic E-state index is 11.6. The summed E-state index contributed by atoms with van der Waals surface area (Å²) in [4.78, 5) is 11.6. The molecule has 0 atom stereocenters. The van der Waals surface area contributed by atoms with Gasteiger partial charge in [-0.3, -0.25) is 4.79 Å². The van der Waals surface area contributed by atoms with Gasteiger partial charge in [-0.15, -0.1) is 12.4 Å². The van der Waals surface area contributed by atoms with E-state index in [0.717, 1.165) is 11.1 Å². The summed E-state index contributed by atoms with van der Waals surface area (Å²) in [6.07, 6.45) is 1.15. The summed E-state index contributed by atoms with van der Waals surface area (Å²) in [5, 5.41) is 2.87. The number of rotatable bonds is 9. The van der Waals surface area contributed by atoms with Crippen molar-refractivity contribution in [2.75, 3.05) is 13.7 Å². The Balaban J connectivity index is 0.00000312. The van der Waals surface area contributed by atoms with Gasteiger partial charge in [-0.2, -0.15) is 0 Å². The minimum atomic E-state index is 0. The first-order valence-electron chi connectivity index (χ1n) is 8.03. The zero-order valence-corrected chi connectivity index (χ0v) is 15.2. The van der Waals surface area contributed by atoms with Gasteiger partial charge >= 0.3 is 0 Å². The number of nitrogens with one attached hydrogen (secondary N) is 1. The molecule has 0 heterocycles. The van der Waals surface area contributed by atoms with Crippen LogP contribution in [0.25, 0.3) is 0 Å². The molecule has 0 unspecified atom stereocenters. The minimum Gasteiger partial charge on any atom is -0.493 e. The molecule has 6 heteroatoms. The highest BCUT2D eigenvalue weighted by Gasteiger charge is 2.07. The minimum absolute atomic E-state index is 0. The van der Waals surface area contributed by atoms with Crippen molar-refractivity contribution in [1.29, 1.82) is 0 Å². The Morgan fingerprint density at radius 1 is 1.08 bits per heavy atom. The summed E-state index contributed by atoms with van der Waals surface area (Å²) in [6.45, 7) is 1.46. The zero-order chi connectivity index (χ0) is 17.2. The molecule has 0 aromatic heterocycles. The van der Waals surface area contributed by atoms with Gasteiger partial charge < -0.3 is 20.5 Å². The monoisotopic (exact) mass is 364 g/mol. The van der Waals surface area contributed by atoms with Crippen molar-refractivity contribution in [1.82, 2.24) is 5.32 Å². The molecule has 0 spiro atoms. The highest BCUT2D eigenvalue weighted by atomic mass is 35.5. The molecule has 0 aliphatic heterocycles. The fourth-order valence-corrected chi connectivity index (χ4v) is 2.23. The first-order chi connectivity index (χ1) is 11.7. The third kappa shape index (κ3) is 7.03. The lowest BCUT2D eigenvalue weighted by Crippen LogP contribution is -2.23. The molecule has 3 N–H and O–H groups in total. The van der Waals surface area contributed by atoms with E-state index in [4.69, 9.17) is 15.2 Å². The molecule has 2 rings (SSSR count). The Labute approximate surface area is 154 Å². The smallest absolute Gasteiger partial charge is 0.220 e. The predicted octanol–water partition coefficient (Wildman–Crippen LogP) is 3.05. The quantitative estimate of drug-likeness (QED) is 0.717. The summed E-state index contributed by atoms with van der Waals surface area (Å²) in [5.41, 5.74) is 7.45. The lowest BCUT2D eigenvalue weighted by atomic mass is 10.2. The van der Waals surface area contributed by atoms with Gasteiger partial charge in [-0.25, -0.2) is 0 Å². The summed E-state index contributed by atoms with van der Waals surface area (Å²) in [6, 6.07) is 15.6. The van der Waals surface area contributed by atoms with Gasteiger partial charge in [0.2, 0.25) is 5.91 Å². The Morgan fingerprint density at radius 2 is 1.84 bits per heavy atom. The molecule has 0 bridgehead atoms. The fraction of sp³-hybridized carbons (Fsp3) is 0.316. The van der Waals surface area contributed by atoms with E-state index in [1.54, 1.807) is 7.11 Å². The van der Waals surface area contributed by atoms with Crippen molar-refractivity contribution in [3.05, 3.63) is 59.7 Å². The molecule has 0 aliphatic rings. The van der Waals surface area contributed by atoms with Gasteiger partial charge in [-0.05, 0) is 36.2 Å². The molecule has 1 amide bonds. The number of hydrogen-bond acceptors (Lipinski definition) is 4. The Hall–Kier alpha value is -2.24. The van der Waals surface area contributed by atoms with Crippen LogP contribution in [-0.2, 0) is 17.9 Å². The zero-order valence-electron chi connectivity index (χ0n) is 14.4. The second kappa shape index (κ2) is 11.3. The molecule has 2 aromatic rings. The van der Waals surface area contributed by atoms with Gasteiger partial charge in [0.25, 0.3) is 0 Å². The summed E-state index contributed by atoms with van der Waals surface area (Å²) in [5.74, 6) is 1.34.